The summed E-state index contributed by atoms with van der Waals surface area (Å²) in [6, 6.07) is 0. The third kappa shape index (κ3) is 2.53. The number of rotatable bonds is 2. The molecule has 2 heteroatoms. The summed E-state index contributed by atoms with van der Waals surface area (Å²) in [6.45, 7) is 5.69. The van der Waals surface area contributed by atoms with E-state index < -0.39 is 0 Å². The Morgan fingerprint density at radius 3 is 1.62 bits per heavy atom. The number of aliphatic hydroxyl groups excluding tert-OH is 1. The first-order valence-electron chi connectivity index (χ1n) is 2.88. The van der Waals surface area contributed by atoms with Gasteiger partial charge in [-0.3, -0.25) is 0 Å². The Labute approximate surface area is 55.7 Å². The fourth-order valence-corrected chi connectivity index (χ4v) is 0.821. The quantitative estimate of drug-likeness (QED) is 0.573. The van der Waals surface area contributed by atoms with Gasteiger partial charge in [0.25, 0.3) is 0 Å². The second kappa shape index (κ2) is 3.31. The second-order valence-electron chi connectivity index (χ2n) is 2.41. The lowest BCUT2D eigenvalue weighted by atomic mass is 10.1. The minimum absolute atomic E-state index is 0.130. The molecule has 2 atom stereocenters. The van der Waals surface area contributed by atoms with E-state index in [1.807, 2.05) is 13.8 Å². The maximum atomic E-state index is 9.07. The Morgan fingerprint density at radius 2 is 1.62 bits per heavy atom. The van der Waals surface area contributed by atoms with Crippen molar-refractivity contribution >= 4 is 11.6 Å². The molecule has 0 aliphatic heterocycles. The van der Waals surface area contributed by atoms with Crippen LogP contribution in [-0.2, 0) is 0 Å². The predicted molar refractivity (Wildman–Crippen MR) is 36.2 cm³/mol. The van der Waals surface area contributed by atoms with E-state index in [0.717, 1.165) is 0 Å². The lowest BCUT2D eigenvalue weighted by Gasteiger charge is -2.15. The fraction of sp³-hybridized carbons (Fsp3) is 1.00. The molecule has 0 saturated heterocycles. The molecule has 0 aliphatic rings. The third-order valence-electron chi connectivity index (χ3n) is 1.15. The van der Waals surface area contributed by atoms with Crippen LogP contribution in [0.4, 0.5) is 0 Å². The van der Waals surface area contributed by atoms with Gasteiger partial charge in [-0.2, -0.15) is 0 Å². The zero-order valence-electron chi connectivity index (χ0n) is 5.56. The summed E-state index contributed by atoms with van der Waals surface area (Å²) in [7, 11) is 0. The molecule has 0 saturated carbocycles. The van der Waals surface area contributed by atoms with Gasteiger partial charge in [0.2, 0.25) is 0 Å². The molecule has 0 fully saturated rings. The second-order valence-corrected chi connectivity index (χ2v) is 3.10. The van der Waals surface area contributed by atoms with Crippen molar-refractivity contribution in [1.29, 1.82) is 0 Å². The van der Waals surface area contributed by atoms with E-state index in [9.17, 15) is 0 Å². The first-order chi connectivity index (χ1) is 3.55. The standard InChI is InChI=1S/C6H13ClO/c1-4(2)6(8)5(3)7/h4-6,8H,1-3H3/t5-,6-/m0/s1. The van der Waals surface area contributed by atoms with Gasteiger partial charge in [0.15, 0.2) is 0 Å². The van der Waals surface area contributed by atoms with Crippen LogP contribution in [0.1, 0.15) is 20.8 Å². The summed E-state index contributed by atoms with van der Waals surface area (Å²) in [5, 5.41) is 8.94. The molecule has 0 bridgehead atoms. The van der Waals surface area contributed by atoms with Crippen LogP contribution in [0.25, 0.3) is 0 Å². The van der Waals surface area contributed by atoms with Gasteiger partial charge in [-0.25, -0.2) is 0 Å². The fourth-order valence-electron chi connectivity index (χ4n) is 0.530. The normalized spacial score (nSPS) is 18.8. The highest BCUT2D eigenvalue weighted by Crippen LogP contribution is 2.09. The van der Waals surface area contributed by atoms with Crippen LogP contribution in [0.3, 0.4) is 0 Å². The lowest BCUT2D eigenvalue weighted by molar-refractivity contribution is 0.125. The van der Waals surface area contributed by atoms with Gasteiger partial charge in [-0.05, 0) is 12.8 Å². The van der Waals surface area contributed by atoms with Crippen LogP contribution in [0, 0.1) is 5.92 Å². The van der Waals surface area contributed by atoms with Crippen molar-refractivity contribution in [2.75, 3.05) is 0 Å². The van der Waals surface area contributed by atoms with Crippen molar-refractivity contribution in [2.24, 2.45) is 5.92 Å². The third-order valence-corrected chi connectivity index (χ3v) is 1.41. The minimum Gasteiger partial charge on any atom is -0.391 e. The maximum absolute atomic E-state index is 9.07. The zero-order chi connectivity index (χ0) is 6.73. The van der Waals surface area contributed by atoms with Gasteiger partial charge < -0.3 is 5.11 Å². The molecule has 0 aliphatic carbocycles. The molecule has 0 amide bonds. The average molecular weight is 137 g/mol. The molecule has 0 aromatic heterocycles. The largest absolute Gasteiger partial charge is 0.391 e. The Morgan fingerprint density at radius 1 is 1.25 bits per heavy atom. The zero-order valence-corrected chi connectivity index (χ0v) is 6.31. The molecule has 0 aromatic carbocycles. The van der Waals surface area contributed by atoms with Gasteiger partial charge in [0, 0.05) is 0 Å². The SMILES string of the molecule is CC(C)[C@H](O)[C@H](C)Cl. The van der Waals surface area contributed by atoms with Crippen molar-refractivity contribution in [3.05, 3.63) is 0 Å². The van der Waals surface area contributed by atoms with E-state index in [2.05, 4.69) is 0 Å². The van der Waals surface area contributed by atoms with Crippen molar-refractivity contribution in [2.45, 2.75) is 32.3 Å². The first-order valence-corrected chi connectivity index (χ1v) is 3.31. The van der Waals surface area contributed by atoms with E-state index >= 15 is 0 Å². The van der Waals surface area contributed by atoms with Gasteiger partial charge in [0.1, 0.15) is 0 Å². The van der Waals surface area contributed by atoms with Gasteiger partial charge >= 0.3 is 0 Å². The van der Waals surface area contributed by atoms with Crippen LogP contribution in [0.2, 0.25) is 0 Å². The number of aliphatic hydroxyl groups is 1. The molecule has 0 heterocycles. The van der Waals surface area contributed by atoms with Gasteiger partial charge in [0.05, 0.1) is 11.5 Å². The number of halogens is 1. The van der Waals surface area contributed by atoms with Crippen molar-refractivity contribution in [3.8, 4) is 0 Å². The molecule has 0 aromatic rings. The Hall–Kier alpha value is 0.250. The highest BCUT2D eigenvalue weighted by atomic mass is 35.5. The van der Waals surface area contributed by atoms with E-state index in [-0.39, 0.29) is 17.4 Å². The molecule has 1 N–H and O–H groups in total. The average Bonchev–Trinajstić information content (AvgIpc) is 1.64. The smallest absolute Gasteiger partial charge is 0.0723 e. The number of hydrogen-bond acceptors (Lipinski definition) is 1. The molecular weight excluding hydrogens is 124 g/mol. The van der Waals surface area contributed by atoms with Crippen LogP contribution in [-0.4, -0.2) is 16.6 Å². The molecule has 0 spiro atoms. The monoisotopic (exact) mass is 136 g/mol. The highest BCUT2D eigenvalue weighted by molar-refractivity contribution is 6.20. The summed E-state index contributed by atoms with van der Waals surface area (Å²) >= 11 is 5.57. The van der Waals surface area contributed by atoms with Crippen molar-refractivity contribution in [1.82, 2.24) is 0 Å². The van der Waals surface area contributed by atoms with E-state index in [0.29, 0.717) is 0 Å². The van der Waals surface area contributed by atoms with Gasteiger partial charge in [-0.1, -0.05) is 13.8 Å². The Balaban J connectivity index is 3.46. The molecule has 50 valence electrons. The number of hydrogen-bond donors (Lipinski definition) is 1. The molecule has 0 rings (SSSR count). The van der Waals surface area contributed by atoms with E-state index in [1.54, 1.807) is 6.92 Å². The summed E-state index contributed by atoms with van der Waals surface area (Å²) in [4.78, 5) is 0. The number of alkyl halides is 1. The highest BCUT2D eigenvalue weighted by Gasteiger charge is 2.13. The van der Waals surface area contributed by atoms with Crippen LogP contribution >= 0.6 is 11.6 Å². The summed E-state index contributed by atoms with van der Waals surface area (Å²) in [5.74, 6) is 0.266. The lowest BCUT2D eigenvalue weighted by Crippen LogP contribution is -2.23. The van der Waals surface area contributed by atoms with E-state index in [1.165, 1.54) is 0 Å². The van der Waals surface area contributed by atoms with Crippen LogP contribution in [0.15, 0.2) is 0 Å². The molecule has 0 radical (unpaired) electrons. The molecule has 1 nitrogen and oxygen atoms in total. The van der Waals surface area contributed by atoms with E-state index in [4.69, 9.17) is 16.7 Å². The maximum Gasteiger partial charge on any atom is 0.0723 e. The minimum atomic E-state index is -0.364. The van der Waals surface area contributed by atoms with Gasteiger partial charge in [-0.15, -0.1) is 11.6 Å². The summed E-state index contributed by atoms with van der Waals surface area (Å²) in [6.07, 6.45) is -0.364. The Kier molecular flexibility index (Phi) is 3.41. The predicted octanol–water partition coefficient (Wildman–Crippen LogP) is 1.63. The van der Waals surface area contributed by atoms with Crippen LogP contribution < -0.4 is 0 Å². The first kappa shape index (κ1) is 8.25. The summed E-state index contributed by atoms with van der Waals surface area (Å²) < 4.78 is 0. The van der Waals surface area contributed by atoms with Crippen molar-refractivity contribution in [3.63, 3.8) is 0 Å². The van der Waals surface area contributed by atoms with Crippen LogP contribution in [0.5, 0.6) is 0 Å². The van der Waals surface area contributed by atoms with Crippen molar-refractivity contribution < 1.29 is 5.11 Å². The molecular formula is C6H13ClO. The Bertz CT molecular complexity index is 53.5. The molecule has 8 heavy (non-hydrogen) atoms. The molecule has 0 unspecified atom stereocenters. The summed E-state index contributed by atoms with van der Waals surface area (Å²) in [5.41, 5.74) is 0. The topological polar surface area (TPSA) is 20.2 Å².